The lowest BCUT2D eigenvalue weighted by atomic mass is 10.0. The molecule has 0 aliphatic carbocycles. The third-order valence-electron chi connectivity index (χ3n) is 3.60. The fourth-order valence-electron chi connectivity index (χ4n) is 2.36. The lowest BCUT2D eigenvalue weighted by Gasteiger charge is -2.13. The lowest BCUT2D eigenvalue weighted by molar-refractivity contribution is 0.175. The van der Waals surface area contributed by atoms with Crippen molar-refractivity contribution in [1.82, 2.24) is 9.78 Å². The van der Waals surface area contributed by atoms with E-state index < -0.39 is 6.10 Å². The zero-order chi connectivity index (χ0) is 14.7. The van der Waals surface area contributed by atoms with Crippen molar-refractivity contribution in [2.45, 2.75) is 32.8 Å². The number of aryl methyl sites for hydroxylation is 3. The molecule has 0 bridgehead atoms. The summed E-state index contributed by atoms with van der Waals surface area (Å²) in [6.45, 7) is 4.06. The molecule has 2 aromatic rings. The standard InChI is InChI=1S/C16H22N2O2/c1-5-13-9-14(18(3)17-13)10-15(19)12-6-7-16(20-4)11(2)8-12/h6-9,15,19H,5,10H2,1-4H3. The second kappa shape index (κ2) is 6.09. The quantitative estimate of drug-likeness (QED) is 0.911. The van der Waals surface area contributed by atoms with Gasteiger partial charge in [0.1, 0.15) is 5.75 Å². The monoisotopic (exact) mass is 274 g/mol. The molecule has 0 radical (unpaired) electrons. The van der Waals surface area contributed by atoms with Gasteiger partial charge in [0.15, 0.2) is 0 Å². The first-order valence-corrected chi connectivity index (χ1v) is 6.89. The van der Waals surface area contributed by atoms with Crippen molar-refractivity contribution in [3.05, 3.63) is 46.8 Å². The number of hydrogen-bond acceptors (Lipinski definition) is 3. The Hall–Kier alpha value is -1.81. The number of nitrogens with zero attached hydrogens (tertiary/aromatic N) is 2. The van der Waals surface area contributed by atoms with Crippen LogP contribution in [-0.4, -0.2) is 22.0 Å². The summed E-state index contributed by atoms with van der Waals surface area (Å²) in [5, 5.41) is 14.8. The molecule has 108 valence electrons. The second-order valence-corrected chi connectivity index (χ2v) is 5.05. The van der Waals surface area contributed by atoms with Gasteiger partial charge in [0.2, 0.25) is 0 Å². The van der Waals surface area contributed by atoms with E-state index in [1.807, 2.05) is 36.9 Å². The van der Waals surface area contributed by atoms with Crippen LogP contribution in [0.5, 0.6) is 5.75 Å². The summed E-state index contributed by atoms with van der Waals surface area (Å²) in [6, 6.07) is 7.84. The minimum absolute atomic E-state index is 0.528. The number of aliphatic hydroxyl groups excluding tert-OH is 1. The average Bonchev–Trinajstić information content (AvgIpc) is 2.79. The molecule has 20 heavy (non-hydrogen) atoms. The normalized spacial score (nSPS) is 12.4. The molecule has 1 unspecified atom stereocenters. The summed E-state index contributed by atoms with van der Waals surface area (Å²) in [5.74, 6) is 0.842. The van der Waals surface area contributed by atoms with Crippen molar-refractivity contribution >= 4 is 0 Å². The molecule has 4 heteroatoms. The SMILES string of the molecule is CCc1cc(CC(O)c2ccc(OC)c(C)c2)n(C)n1. The number of rotatable bonds is 5. The average molecular weight is 274 g/mol. The van der Waals surface area contributed by atoms with Crippen LogP contribution in [0.4, 0.5) is 0 Å². The molecule has 1 heterocycles. The molecule has 0 aliphatic rings. The van der Waals surface area contributed by atoms with Crippen molar-refractivity contribution in [3.63, 3.8) is 0 Å². The number of methoxy groups -OCH3 is 1. The Balaban J connectivity index is 2.16. The van der Waals surface area contributed by atoms with Gasteiger partial charge in [-0.05, 0) is 42.7 Å². The Morgan fingerprint density at radius 1 is 1.35 bits per heavy atom. The Bertz CT molecular complexity index is 590. The minimum Gasteiger partial charge on any atom is -0.496 e. The van der Waals surface area contributed by atoms with Gasteiger partial charge in [0.05, 0.1) is 18.9 Å². The van der Waals surface area contributed by atoms with E-state index >= 15 is 0 Å². The third-order valence-corrected chi connectivity index (χ3v) is 3.60. The first kappa shape index (κ1) is 14.6. The van der Waals surface area contributed by atoms with Crippen molar-refractivity contribution < 1.29 is 9.84 Å². The Kier molecular flexibility index (Phi) is 4.45. The maximum Gasteiger partial charge on any atom is 0.121 e. The predicted molar refractivity (Wildman–Crippen MR) is 79.0 cm³/mol. The highest BCUT2D eigenvalue weighted by molar-refractivity contribution is 5.37. The van der Waals surface area contributed by atoms with Gasteiger partial charge in [0, 0.05) is 19.2 Å². The third kappa shape index (κ3) is 3.02. The fraction of sp³-hybridized carbons (Fsp3) is 0.438. The molecule has 0 saturated heterocycles. The van der Waals surface area contributed by atoms with Gasteiger partial charge in [-0.1, -0.05) is 13.0 Å². The molecular weight excluding hydrogens is 252 g/mol. The lowest BCUT2D eigenvalue weighted by Crippen LogP contribution is -2.06. The maximum atomic E-state index is 10.4. The van der Waals surface area contributed by atoms with Crippen LogP contribution in [0, 0.1) is 6.92 Å². The van der Waals surface area contributed by atoms with Gasteiger partial charge in [-0.15, -0.1) is 0 Å². The number of ether oxygens (including phenoxy) is 1. The molecule has 1 atom stereocenters. The summed E-state index contributed by atoms with van der Waals surface area (Å²) >= 11 is 0. The summed E-state index contributed by atoms with van der Waals surface area (Å²) in [4.78, 5) is 0. The second-order valence-electron chi connectivity index (χ2n) is 5.05. The highest BCUT2D eigenvalue weighted by Crippen LogP contribution is 2.24. The van der Waals surface area contributed by atoms with Crippen LogP contribution in [0.2, 0.25) is 0 Å². The Labute approximate surface area is 120 Å². The van der Waals surface area contributed by atoms with Crippen LogP contribution in [0.1, 0.15) is 35.5 Å². The summed E-state index contributed by atoms with van der Waals surface area (Å²) in [5.41, 5.74) is 4.04. The van der Waals surface area contributed by atoms with Crippen LogP contribution < -0.4 is 4.74 Å². The fourth-order valence-corrected chi connectivity index (χ4v) is 2.36. The van der Waals surface area contributed by atoms with Gasteiger partial charge >= 0.3 is 0 Å². The van der Waals surface area contributed by atoms with E-state index in [2.05, 4.69) is 18.1 Å². The summed E-state index contributed by atoms with van der Waals surface area (Å²) < 4.78 is 7.08. The van der Waals surface area contributed by atoms with E-state index in [4.69, 9.17) is 4.74 Å². The Morgan fingerprint density at radius 3 is 2.65 bits per heavy atom. The predicted octanol–water partition coefficient (Wildman–Crippen LogP) is 2.58. The van der Waals surface area contributed by atoms with Crippen molar-refractivity contribution in [2.75, 3.05) is 7.11 Å². The van der Waals surface area contributed by atoms with Crippen LogP contribution in [0.25, 0.3) is 0 Å². The van der Waals surface area contributed by atoms with Crippen LogP contribution in [-0.2, 0) is 19.9 Å². The summed E-state index contributed by atoms with van der Waals surface area (Å²) in [6.07, 6.45) is 0.945. The molecule has 0 spiro atoms. The zero-order valence-corrected chi connectivity index (χ0v) is 12.6. The molecule has 1 aromatic heterocycles. The molecule has 1 aromatic carbocycles. The molecule has 2 rings (SSSR count). The first-order chi connectivity index (χ1) is 9.55. The van der Waals surface area contributed by atoms with E-state index in [0.717, 1.165) is 34.7 Å². The maximum absolute atomic E-state index is 10.4. The van der Waals surface area contributed by atoms with E-state index in [9.17, 15) is 5.11 Å². The Morgan fingerprint density at radius 2 is 2.10 bits per heavy atom. The van der Waals surface area contributed by atoms with Crippen molar-refractivity contribution in [2.24, 2.45) is 7.05 Å². The highest BCUT2D eigenvalue weighted by Gasteiger charge is 2.13. The van der Waals surface area contributed by atoms with Crippen LogP contribution in [0.15, 0.2) is 24.3 Å². The highest BCUT2D eigenvalue weighted by atomic mass is 16.5. The van der Waals surface area contributed by atoms with E-state index in [1.165, 1.54) is 0 Å². The molecular formula is C16H22N2O2. The molecule has 0 aliphatic heterocycles. The summed E-state index contributed by atoms with van der Waals surface area (Å²) in [7, 11) is 3.57. The molecule has 0 amide bonds. The number of aliphatic hydroxyl groups is 1. The number of aromatic nitrogens is 2. The van der Waals surface area contributed by atoms with Gasteiger partial charge in [-0.25, -0.2) is 0 Å². The molecule has 0 fully saturated rings. The molecule has 4 nitrogen and oxygen atoms in total. The van der Waals surface area contributed by atoms with Gasteiger partial charge in [0.25, 0.3) is 0 Å². The van der Waals surface area contributed by atoms with Gasteiger partial charge in [-0.3, -0.25) is 4.68 Å². The topological polar surface area (TPSA) is 47.3 Å². The van der Waals surface area contributed by atoms with Gasteiger partial charge < -0.3 is 9.84 Å². The van der Waals surface area contributed by atoms with Gasteiger partial charge in [-0.2, -0.15) is 5.10 Å². The minimum atomic E-state index is -0.528. The number of benzene rings is 1. The zero-order valence-electron chi connectivity index (χ0n) is 12.6. The first-order valence-electron chi connectivity index (χ1n) is 6.89. The molecule has 1 N–H and O–H groups in total. The van der Waals surface area contributed by atoms with Crippen molar-refractivity contribution in [3.8, 4) is 5.75 Å². The molecule has 0 saturated carbocycles. The smallest absolute Gasteiger partial charge is 0.121 e. The van der Waals surface area contributed by atoms with Crippen LogP contribution >= 0.6 is 0 Å². The van der Waals surface area contributed by atoms with Crippen molar-refractivity contribution in [1.29, 1.82) is 0 Å². The van der Waals surface area contributed by atoms with E-state index in [1.54, 1.807) is 7.11 Å². The largest absolute Gasteiger partial charge is 0.496 e. The number of hydrogen-bond donors (Lipinski definition) is 1. The van der Waals surface area contributed by atoms with E-state index in [0.29, 0.717) is 6.42 Å². The van der Waals surface area contributed by atoms with Crippen LogP contribution in [0.3, 0.4) is 0 Å². The van der Waals surface area contributed by atoms with E-state index in [-0.39, 0.29) is 0 Å².